The number of carbonyl (C=O) groups excluding carboxylic acids is 2. The molecule has 0 spiro atoms. The van der Waals surface area contributed by atoms with Crippen LogP contribution in [0.5, 0.6) is 5.75 Å². The van der Waals surface area contributed by atoms with E-state index in [0.717, 1.165) is 6.07 Å². The summed E-state index contributed by atoms with van der Waals surface area (Å²) >= 11 is 11.8. The topological polar surface area (TPSA) is 67.4 Å². The Labute approximate surface area is 162 Å². The van der Waals surface area contributed by atoms with Gasteiger partial charge in [-0.05, 0) is 31.2 Å². The molecule has 0 aliphatic carbocycles. The van der Waals surface area contributed by atoms with Gasteiger partial charge in [0.1, 0.15) is 10.8 Å². The molecule has 144 valence electrons. The normalized spacial score (nSPS) is 11.6. The molecule has 2 N–H and O–H groups in total. The van der Waals surface area contributed by atoms with Gasteiger partial charge in [-0.15, -0.1) is 0 Å². The minimum atomic E-state index is -1.71. The zero-order chi connectivity index (χ0) is 20.1. The van der Waals surface area contributed by atoms with Gasteiger partial charge >= 0.3 is 0 Å². The van der Waals surface area contributed by atoms with Gasteiger partial charge in [0.25, 0.3) is 5.91 Å². The lowest BCUT2D eigenvalue weighted by atomic mass is 10.2. The monoisotopic (exact) mass is 420 g/mol. The molecular formula is C17H13Cl2F3N2O3. The molecule has 5 nitrogen and oxygen atoms in total. The summed E-state index contributed by atoms with van der Waals surface area (Å²) in [4.78, 5) is 23.7. The molecule has 0 radical (unpaired) electrons. The van der Waals surface area contributed by atoms with Crippen LogP contribution in [-0.2, 0) is 9.59 Å². The number of hydrogen-bond acceptors (Lipinski definition) is 3. The Bertz CT molecular complexity index is 881. The molecule has 0 aliphatic heterocycles. The third-order valence-electron chi connectivity index (χ3n) is 3.32. The van der Waals surface area contributed by atoms with Crippen molar-refractivity contribution in [1.82, 2.24) is 5.32 Å². The molecule has 1 atom stereocenters. The third-order valence-corrected chi connectivity index (χ3v) is 4.12. The number of halogens is 5. The first-order valence-electron chi connectivity index (χ1n) is 7.52. The molecule has 1 unspecified atom stereocenters. The first-order chi connectivity index (χ1) is 12.7. The lowest BCUT2D eigenvalue weighted by Gasteiger charge is -2.16. The Kier molecular flexibility index (Phi) is 6.92. The van der Waals surface area contributed by atoms with E-state index in [-0.39, 0.29) is 15.8 Å². The van der Waals surface area contributed by atoms with Crippen molar-refractivity contribution >= 4 is 40.7 Å². The van der Waals surface area contributed by atoms with Crippen LogP contribution in [0.15, 0.2) is 30.3 Å². The van der Waals surface area contributed by atoms with Crippen LogP contribution in [0.2, 0.25) is 10.0 Å². The van der Waals surface area contributed by atoms with Crippen molar-refractivity contribution in [2.45, 2.75) is 13.0 Å². The van der Waals surface area contributed by atoms with Gasteiger partial charge in [-0.25, -0.2) is 13.2 Å². The second-order valence-corrected chi connectivity index (χ2v) is 6.09. The number of hydrogen-bond donors (Lipinski definition) is 2. The SMILES string of the molecule is CC(Oc1cccc(Cl)c1Cl)C(=O)NCC(=O)Nc1ccc(F)c(F)c1F. The third kappa shape index (κ3) is 5.27. The Morgan fingerprint density at radius 2 is 1.81 bits per heavy atom. The quantitative estimate of drug-likeness (QED) is 0.695. The maximum Gasteiger partial charge on any atom is 0.261 e. The Morgan fingerprint density at radius 1 is 1.11 bits per heavy atom. The minimum absolute atomic E-state index is 0.130. The van der Waals surface area contributed by atoms with Gasteiger partial charge in [-0.3, -0.25) is 9.59 Å². The average Bonchev–Trinajstić information content (AvgIpc) is 2.64. The van der Waals surface area contributed by atoms with E-state index in [1.807, 2.05) is 5.32 Å². The summed E-state index contributed by atoms with van der Waals surface area (Å²) in [6, 6.07) is 6.16. The van der Waals surface area contributed by atoms with Crippen molar-refractivity contribution in [3.63, 3.8) is 0 Å². The van der Waals surface area contributed by atoms with Gasteiger partial charge in [0.15, 0.2) is 23.6 Å². The molecule has 0 bridgehead atoms. The molecule has 0 heterocycles. The Balaban J connectivity index is 1.90. The van der Waals surface area contributed by atoms with E-state index in [1.165, 1.54) is 13.0 Å². The van der Waals surface area contributed by atoms with Crippen LogP contribution < -0.4 is 15.4 Å². The second-order valence-electron chi connectivity index (χ2n) is 5.30. The molecule has 0 fully saturated rings. The molecule has 0 aliphatic rings. The fourth-order valence-corrected chi connectivity index (χ4v) is 2.28. The molecule has 2 amide bonds. The first-order valence-corrected chi connectivity index (χ1v) is 8.28. The Hall–Kier alpha value is -2.45. The number of carbonyl (C=O) groups is 2. The van der Waals surface area contributed by atoms with Crippen LogP contribution in [0.3, 0.4) is 0 Å². The van der Waals surface area contributed by atoms with E-state index < -0.39 is 47.6 Å². The maximum atomic E-state index is 13.5. The highest BCUT2D eigenvalue weighted by atomic mass is 35.5. The highest BCUT2D eigenvalue weighted by molar-refractivity contribution is 6.42. The fraction of sp³-hybridized carbons (Fsp3) is 0.176. The van der Waals surface area contributed by atoms with E-state index in [9.17, 15) is 22.8 Å². The van der Waals surface area contributed by atoms with Gasteiger partial charge in [0, 0.05) is 0 Å². The molecule has 10 heteroatoms. The molecule has 0 saturated heterocycles. The number of nitrogens with one attached hydrogen (secondary N) is 2. The van der Waals surface area contributed by atoms with Gasteiger partial charge in [0.05, 0.1) is 17.3 Å². The zero-order valence-electron chi connectivity index (χ0n) is 13.8. The zero-order valence-corrected chi connectivity index (χ0v) is 15.3. The van der Waals surface area contributed by atoms with Crippen LogP contribution in [0, 0.1) is 17.5 Å². The number of ether oxygens (including phenoxy) is 1. The van der Waals surface area contributed by atoms with Gasteiger partial charge < -0.3 is 15.4 Å². The van der Waals surface area contributed by atoms with Crippen LogP contribution in [0.1, 0.15) is 6.92 Å². The fourth-order valence-electron chi connectivity index (χ4n) is 1.95. The van der Waals surface area contributed by atoms with Crippen LogP contribution in [0.25, 0.3) is 0 Å². The Morgan fingerprint density at radius 3 is 2.52 bits per heavy atom. The predicted octanol–water partition coefficient (Wildman–Crippen LogP) is 3.93. The van der Waals surface area contributed by atoms with Gasteiger partial charge in [-0.1, -0.05) is 29.3 Å². The minimum Gasteiger partial charge on any atom is -0.479 e. The highest BCUT2D eigenvalue weighted by Crippen LogP contribution is 2.32. The second kappa shape index (κ2) is 8.96. The highest BCUT2D eigenvalue weighted by Gasteiger charge is 2.19. The summed E-state index contributed by atoms with van der Waals surface area (Å²) in [6.45, 7) is 0.869. The maximum absolute atomic E-state index is 13.5. The van der Waals surface area contributed by atoms with E-state index in [0.29, 0.717) is 6.07 Å². The van der Waals surface area contributed by atoms with Crippen LogP contribution >= 0.6 is 23.2 Å². The molecule has 2 aromatic carbocycles. The summed E-state index contributed by atoms with van der Waals surface area (Å²) in [5, 5.41) is 4.66. The van der Waals surface area contributed by atoms with Crippen molar-refractivity contribution in [2.24, 2.45) is 0 Å². The average molecular weight is 421 g/mol. The van der Waals surface area contributed by atoms with Crippen molar-refractivity contribution in [3.8, 4) is 5.75 Å². The number of anilines is 1. The van der Waals surface area contributed by atoms with E-state index in [4.69, 9.17) is 27.9 Å². The first kappa shape index (κ1) is 20.9. The summed E-state index contributed by atoms with van der Waals surface area (Å²) in [7, 11) is 0. The van der Waals surface area contributed by atoms with Crippen LogP contribution in [0.4, 0.5) is 18.9 Å². The lowest BCUT2D eigenvalue weighted by Crippen LogP contribution is -2.40. The predicted molar refractivity (Wildman–Crippen MR) is 94.5 cm³/mol. The molecule has 27 heavy (non-hydrogen) atoms. The van der Waals surface area contributed by atoms with Crippen molar-refractivity contribution < 1.29 is 27.5 Å². The molecule has 2 rings (SSSR count). The van der Waals surface area contributed by atoms with E-state index >= 15 is 0 Å². The standard InChI is InChI=1S/C17H13Cl2F3N2O3/c1-8(27-12-4-2-3-9(18)14(12)19)17(26)23-7-13(25)24-11-6-5-10(20)15(21)16(11)22/h2-6,8H,7H2,1H3,(H,23,26)(H,24,25). The number of amides is 2. The smallest absolute Gasteiger partial charge is 0.261 e. The molecular weight excluding hydrogens is 408 g/mol. The van der Waals surface area contributed by atoms with Crippen molar-refractivity contribution in [3.05, 3.63) is 57.8 Å². The lowest BCUT2D eigenvalue weighted by molar-refractivity contribution is -0.129. The largest absolute Gasteiger partial charge is 0.479 e. The van der Waals surface area contributed by atoms with Gasteiger partial charge in [0.2, 0.25) is 5.91 Å². The van der Waals surface area contributed by atoms with E-state index in [1.54, 1.807) is 12.1 Å². The summed E-state index contributed by atoms with van der Waals surface area (Å²) in [5.74, 6) is -5.96. The molecule has 0 aromatic heterocycles. The van der Waals surface area contributed by atoms with Crippen molar-refractivity contribution in [1.29, 1.82) is 0 Å². The van der Waals surface area contributed by atoms with E-state index in [2.05, 4.69) is 5.32 Å². The number of benzene rings is 2. The van der Waals surface area contributed by atoms with Crippen molar-refractivity contribution in [2.75, 3.05) is 11.9 Å². The van der Waals surface area contributed by atoms with Gasteiger partial charge in [-0.2, -0.15) is 0 Å². The summed E-state index contributed by atoms with van der Waals surface area (Å²) in [6.07, 6.45) is -1.02. The summed E-state index contributed by atoms with van der Waals surface area (Å²) < 4.78 is 44.9. The molecule has 2 aromatic rings. The molecule has 0 saturated carbocycles. The van der Waals surface area contributed by atoms with Crippen LogP contribution in [-0.4, -0.2) is 24.5 Å². The summed E-state index contributed by atoms with van der Waals surface area (Å²) in [5.41, 5.74) is -0.553. The number of rotatable bonds is 6.